The van der Waals surface area contributed by atoms with Gasteiger partial charge in [0.25, 0.3) is 0 Å². The van der Waals surface area contributed by atoms with Gasteiger partial charge in [-0.15, -0.1) is 0 Å². The summed E-state index contributed by atoms with van der Waals surface area (Å²) in [6.45, 7) is 14.3. The van der Waals surface area contributed by atoms with Crippen molar-refractivity contribution in [3.8, 4) is 0 Å². The molecule has 1 heterocycles. The molecule has 0 unspecified atom stereocenters. The molecule has 0 radical (unpaired) electrons. The molecule has 0 fully saturated rings. The van der Waals surface area contributed by atoms with Gasteiger partial charge in [-0.25, -0.2) is 8.42 Å². The topological polar surface area (TPSA) is 132 Å². The first-order valence-electron chi connectivity index (χ1n) is 9.33. The average Bonchev–Trinajstić information content (AvgIpc) is 3.02. The molecule has 0 aliphatic carbocycles. The summed E-state index contributed by atoms with van der Waals surface area (Å²) in [7, 11) is -3.57. The maximum Gasteiger partial charge on any atom is 0.246 e. The van der Waals surface area contributed by atoms with E-state index in [2.05, 4.69) is 16.2 Å². The number of nitrogens with zero attached hydrogens (tertiary/aromatic N) is 1. The number of rotatable bonds is 7. The van der Waals surface area contributed by atoms with Crippen molar-refractivity contribution in [2.24, 2.45) is 11.7 Å². The number of carbonyl (C=O) groups excluding carboxylic acids is 2. The smallest absolute Gasteiger partial charge is 0.246 e. The third-order valence-corrected chi connectivity index (χ3v) is 6.64. The van der Waals surface area contributed by atoms with Gasteiger partial charge >= 0.3 is 0 Å². The van der Waals surface area contributed by atoms with E-state index in [1.54, 1.807) is 13.0 Å². The lowest BCUT2D eigenvalue weighted by Gasteiger charge is -2.23. The van der Waals surface area contributed by atoms with Crippen LogP contribution in [0.15, 0.2) is 10.6 Å². The molecule has 162 valence electrons. The molecular weight excluding hydrogens is 382 g/mol. The summed E-state index contributed by atoms with van der Waals surface area (Å²) >= 11 is 0. The quantitative estimate of drug-likeness (QED) is 0.700. The molecule has 3 N–H and O–H groups in total. The monoisotopic (exact) mass is 417 g/mol. The van der Waals surface area contributed by atoms with Crippen LogP contribution in [0.1, 0.15) is 74.0 Å². The molecule has 8 nitrogen and oxygen atoms in total. The number of amides is 2. The van der Waals surface area contributed by atoms with Crippen LogP contribution in [0.5, 0.6) is 0 Å². The summed E-state index contributed by atoms with van der Waals surface area (Å²) in [6, 6.07) is 1.62. The van der Waals surface area contributed by atoms with Gasteiger partial charge in [0.05, 0.1) is 5.75 Å². The van der Waals surface area contributed by atoms with E-state index in [9.17, 15) is 18.0 Å². The third-order valence-electron chi connectivity index (χ3n) is 4.13. The number of primary amides is 1. The molecule has 9 heteroatoms. The predicted molar refractivity (Wildman–Crippen MR) is 111 cm³/mol. The molecule has 1 rings (SSSR count). The van der Waals surface area contributed by atoms with Crippen molar-refractivity contribution in [3.05, 3.63) is 11.8 Å². The molecule has 1 aromatic rings. The first kappa shape index (κ1) is 26.1. The Bertz CT molecular complexity index is 759. The van der Waals surface area contributed by atoms with Crippen molar-refractivity contribution in [2.75, 3.05) is 11.1 Å². The maximum atomic E-state index is 12.4. The van der Waals surface area contributed by atoms with Gasteiger partial charge in [-0.05, 0) is 26.2 Å². The van der Waals surface area contributed by atoms with Crippen molar-refractivity contribution in [3.63, 3.8) is 0 Å². The molecule has 0 bridgehead atoms. The molecular formula is C19H35N3O5S. The van der Waals surface area contributed by atoms with Crippen LogP contribution in [0.25, 0.3) is 0 Å². The standard InChI is InChI=1S/C16H28N2O4S.C3H7NO/c1-11(2)8-9-23(20,21)16(6,7)14(19)17-13-10-12(22-18-13)15(3,4)5;1-2-3(4)5/h10-11H,8-9H2,1-7H3,(H,17,18,19);2H2,1H3,(H2,4,5). The van der Waals surface area contributed by atoms with E-state index in [1.165, 1.54) is 13.8 Å². The number of aromatic nitrogens is 1. The van der Waals surface area contributed by atoms with E-state index in [-0.39, 0.29) is 28.8 Å². The van der Waals surface area contributed by atoms with Gasteiger partial charge in [0.2, 0.25) is 11.8 Å². The highest BCUT2D eigenvalue weighted by Gasteiger charge is 2.41. The number of anilines is 1. The lowest BCUT2D eigenvalue weighted by atomic mass is 9.93. The molecule has 0 saturated carbocycles. The SMILES string of the molecule is CC(C)CCS(=O)(=O)C(C)(C)C(=O)Nc1cc(C(C)(C)C)on1.CCC(N)=O. The molecule has 0 aromatic carbocycles. The summed E-state index contributed by atoms with van der Waals surface area (Å²) in [5.74, 6) is 0.241. The van der Waals surface area contributed by atoms with Crippen molar-refractivity contribution >= 4 is 27.5 Å². The summed E-state index contributed by atoms with van der Waals surface area (Å²) in [5.41, 5.74) is 4.41. The van der Waals surface area contributed by atoms with Crippen LogP contribution in [-0.4, -0.2) is 35.9 Å². The summed E-state index contributed by atoms with van der Waals surface area (Å²) in [6.07, 6.45) is 0.969. The second kappa shape index (κ2) is 10.0. The van der Waals surface area contributed by atoms with E-state index in [1.807, 2.05) is 34.6 Å². The van der Waals surface area contributed by atoms with Gasteiger partial charge in [-0.2, -0.15) is 0 Å². The second-order valence-corrected chi connectivity index (χ2v) is 11.3. The molecule has 1 aromatic heterocycles. The van der Waals surface area contributed by atoms with Gasteiger partial charge in [0, 0.05) is 17.9 Å². The number of nitrogens with one attached hydrogen (secondary N) is 1. The summed E-state index contributed by atoms with van der Waals surface area (Å²) in [5, 5.41) is 6.34. The average molecular weight is 418 g/mol. The van der Waals surface area contributed by atoms with Gasteiger partial charge in [0.15, 0.2) is 15.7 Å². The summed E-state index contributed by atoms with van der Waals surface area (Å²) < 4.78 is 28.6. The predicted octanol–water partition coefficient (Wildman–Crippen LogP) is 3.03. The number of nitrogens with two attached hydrogens (primary N) is 1. The lowest BCUT2D eigenvalue weighted by Crippen LogP contribution is -2.45. The normalized spacial score (nSPS) is 12.3. The Morgan fingerprint density at radius 3 is 2.07 bits per heavy atom. The molecule has 0 saturated heterocycles. The van der Waals surface area contributed by atoms with Crippen LogP contribution in [-0.2, 0) is 24.8 Å². The highest BCUT2D eigenvalue weighted by molar-refractivity contribution is 7.93. The van der Waals surface area contributed by atoms with Crippen molar-refractivity contribution in [1.82, 2.24) is 5.16 Å². The van der Waals surface area contributed by atoms with Gasteiger partial charge in [0.1, 0.15) is 10.5 Å². The number of carbonyl (C=O) groups is 2. The molecule has 0 atom stereocenters. The fourth-order valence-electron chi connectivity index (χ4n) is 1.74. The van der Waals surface area contributed by atoms with Gasteiger partial charge < -0.3 is 15.6 Å². The van der Waals surface area contributed by atoms with E-state index in [0.29, 0.717) is 18.6 Å². The Morgan fingerprint density at radius 2 is 1.71 bits per heavy atom. The Labute approximate surface area is 168 Å². The number of sulfone groups is 1. The van der Waals surface area contributed by atoms with E-state index < -0.39 is 20.5 Å². The second-order valence-electron chi connectivity index (χ2n) is 8.61. The minimum atomic E-state index is -3.57. The highest BCUT2D eigenvalue weighted by Crippen LogP contribution is 2.26. The Balaban J connectivity index is 0.00000129. The van der Waals surface area contributed by atoms with E-state index in [0.717, 1.165) is 0 Å². The van der Waals surface area contributed by atoms with Crippen LogP contribution in [0, 0.1) is 5.92 Å². The van der Waals surface area contributed by atoms with Crippen LogP contribution in [0.4, 0.5) is 5.82 Å². The van der Waals surface area contributed by atoms with Gasteiger partial charge in [-0.3, -0.25) is 9.59 Å². The largest absolute Gasteiger partial charge is 0.370 e. The zero-order chi connectivity index (χ0) is 22.3. The number of hydrogen-bond acceptors (Lipinski definition) is 6. The van der Waals surface area contributed by atoms with Gasteiger partial charge in [-0.1, -0.05) is 46.7 Å². The minimum absolute atomic E-state index is 0.0167. The zero-order valence-electron chi connectivity index (χ0n) is 18.3. The number of hydrogen-bond donors (Lipinski definition) is 2. The van der Waals surface area contributed by atoms with Crippen LogP contribution >= 0.6 is 0 Å². The van der Waals surface area contributed by atoms with Crippen LogP contribution in [0.3, 0.4) is 0 Å². The molecule has 0 spiro atoms. The van der Waals surface area contributed by atoms with Crippen LogP contribution in [0.2, 0.25) is 0 Å². The molecule has 28 heavy (non-hydrogen) atoms. The fraction of sp³-hybridized carbons (Fsp3) is 0.737. The first-order valence-corrected chi connectivity index (χ1v) is 11.0. The lowest BCUT2D eigenvalue weighted by molar-refractivity contribution is -0.118. The first-order chi connectivity index (χ1) is 12.5. The Hall–Kier alpha value is -1.90. The van der Waals surface area contributed by atoms with Crippen molar-refractivity contribution in [1.29, 1.82) is 0 Å². The molecule has 0 aliphatic heterocycles. The molecule has 0 aliphatic rings. The third kappa shape index (κ3) is 8.00. The van der Waals surface area contributed by atoms with E-state index >= 15 is 0 Å². The maximum absolute atomic E-state index is 12.4. The Kier molecular flexibility index (Phi) is 9.36. The summed E-state index contributed by atoms with van der Waals surface area (Å²) in [4.78, 5) is 22.0. The van der Waals surface area contributed by atoms with Crippen LogP contribution < -0.4 is 11.1 Å². The van der Waals surface area contributed by atoms with Crippen molar-refractivity contribution in [2.45, 2.75) is 78.4 Å². The van der Waals surface area contributed by atoms with E-state index in [4.69, 9.17) is 4.52 Å². The fourth-order valence-corrected chi connectivity index (χ4v) is 3.37. The Morgan fingerprint density at radius 1 is 1.21 bits per heavy atom. The zero-order valence-corrected chi connectivity index (χ0v) is 19.1. The van der Waals surface area contributed by atoms with Crippen molar-refractivity contribution < 1.29 is 22.5 Å². The highest BCUT2D eigenvalue weighted by atomic mass is 32.2. The molecule has 2 amide bonds. The minimum Gasteiger partial charge on any atom is -0.370 e.